The van der Waals surface area contributed by atoms with E-state index in [9.17, 15) is 4.79 Å². The molecule has 1 aliphatic heterocycles. The topological polar surface area (TPSA) is 68.0 Å². The number of rotatable bonds is 10. The summed E-state index contributed by atoms with van der Waals surface area (Å²) in [6.07, 6.45) is 8.74. The van der Waals surface area contributed by atoms with Crippen LogP contribution < -0.4 is 5.73 Å². The third-order valence-electron chi connectivity index (χ3n) is 6.09. The van der Waals surface area contributed by atoms with Gasteiger partial charge in [-0.05, 0) is 59.2 Å². The van der Waals surface area contributed by atoms with Crippen LogP contribution in [0.1, 0.15) is 65.2 Å². The van der Waals surface area contributed by atoms with Gasteiger partial charge in [-0.15, -0.1) is 0 Å². The van der Waals surface area contributed by atoms with Crippen LogP contribution in [-0.4, -0.2) is 74.0 Å². The van der Waals surface area contributed by atoms with Crippen LogP contribution >= 0.6 is 0 Å². The van der Waals surface area contributed by atoms with Gasteiger partial charge in [0, 0.05) is 19.3 Å². The summed E-state index contributed by atoms with van der Waals surface area (Å²) >= 11 is 0. The van der Waals surface area contributed by atoms with Gasteiger partial charge in [-0.3, -0.25) is 4.79 Å². The summed E-state index contributed by atoms with van der Waals surface area (Å²) in [5.41, 5.74) is 6.42. The van der Waals surface area contributed by atoms with E-state index in [2.05, 4.69) is 11.9 Å². The Morgan fingerprint density at radius 1 is 1.07 bits per heavy atom. The minimum Gasteiger partial charge on any atom is -0.351 e. The first-order valence-electron chi connectivity index (χ1n) is 11.0. The van der Waals surface area contributed by atoms with Gasteiger partial charge in [0.15, 0.2) is 6.29 Å². The lowest BCUT2D eigenvalue weighted by Crippen LogP contribution is -2.54. The quantitative estimate of drug-likeness (QED) is 0.587. The molecule has 2 N–H and O–H groups in total. The van der Waals surface area contributed by atoms with Gasteiger partial charge in [0.2, 0.25) is 5.91 Å². The van der Waals surface area contributed by atoms with Gasteiger partial charge < -0.3 is 25.0 Å². The summed E-state index contributed by atoms with van der Waals surface area (Å²) in [6.45, 7) is 7.58. The van der Waals surface area contributed by atoms with Crippen molar-refractivity contribution in [1.29, 1.82) is 0 Å². The molecule has 0 bridgehead atoms. The van der Waals surface area contributed by atoms with Gasteiger partial charge >= 0.3 is 0 Å². The Morgan fingerprint density at radius 2 is 1.67 bits per heavy atom. The monoisotopic (exact) mass is 383 g/mol. The standard InChI is InChI=1S/C21H41N3O3/c1-4-26-20(27-5-2)16-24(18-11-13-23(3)14-12-18)21(25)19(22)15-17-9-7-6-8-10-17/h17-20H,4-16,22H2,1-3H3/t19-/m0/s1. The third kappa shape index (κ3) is 7.33. The molecule has 27 heavy (non-hydrogen) atoms. The molecule has 6 heteroatoms. The Hall–Kier alpha value is -0.690. The second-order valence-electron chi connectivity index (χ2n) is 8.21. The Kier molecular flexibility index (Phi) is 10.0. The van der Waals surface area contributed by atoms with Crippen LogP contribution in [0.15, 0.2) is 0 Å². The fraction of sp³-hybridized carbons (Fsp3) is 0.952. The van der Waals surface area contributed by atoms with Crippen molar-refractivity contribution in [2.24, 2.45) is 11.7 Å². The van der Waals surface area contributed by atoms with Crippen molar-refractivity contribution in [3.8, 4) is 0 Å². The molecule has 1 saturated carbocycles. The van der Waals surface area contributed by atoms with Crippen LogP contribution in [0.4, 0.5) is 0 Å². The summed E-state index contributed by atoms with van der Waals surface area (Å²) in [4.78, 5) is 17.6. The number of nitrogens with two attached hydrogens (primary N) is 1. The van der Waals surface area contributed by atoms with Gasteiger partial charge in [-0.2, -0.15) is 0 Å². The van der Waals surface area contributed by atoms with Crippen LogP contribution in [0.25, 0.3) is 0 Å². The SMILES string of the molecule is CCOC(CN(C(=O)[C@@H](N)CC1CCCCC1)C1CCN(C)CC1)OCC. The molecule has 1 saturated heterocycles. The average Bonchev–Trinajstić information content (AvgIpc) is 2.67. The third-order valence-corrected chi connectivity index (χ3v) is 6.09. The van der Waals surface area contributed by atoms with E-state index < -0.39 is 6.04 Å². The summed E-state index contributed by atoms with van der Waals surface area (Å²) in [6, 6.07) is -0.175. The molecule has 0 aromatic carbocycles. The van der Waals surface area contributed by atoms with Gasteiger partial charge in [0.1, 0.15) is 0 Å². The van der Waals surface area contributed by atoms with Crippen LogP contribution in [0, 0.1) is 5.92 Å². The van der Waals surface area contributed by atoms with Crippen molar-refractivity contribution in [3.05, 3.63) is 0 Å². The first kappa shape index (κ1) is 22.6. The molecule has 0 spiro atoms. The van der Waals surface area contributed by atoms with Crippen molar-refractivity contribution in [3.63, 3.8) is 0 Å². The molecule has 158 valence electrons. The summed E-state index contributed by atoms with van der Waals surface area (Å²) < 4.78 is 11.5. The van der Waals surface area contributed by atoms with Crippen molar-refractivity contribution in [2.45, 2.75) is 83.6 Å². The van der Waals surface area contributed by atoms with Crippen LogP contribution in [0.5, 0.6) is 0 Å². The summed E-state index contributed by atoms with van der Waals surface area (Å²) in [7, 11) is 2.14. The molecule has 1 amide bonds. The van der Waals surface area contributed by atoms with E-state index in [0.717, 1.165) is 32.4 Å². The zero-order valence-corrected chi connectivity index (χ0v) is 17.7. The lowest BCUT2D eigenvalue weighted by atomic mass is 9.84. The lowest BCUT2D eigenvalue weighted by Gasteiger charge is -2.40. The average molecular weight is 384 g/mol. The molecule has 2 fully saturated rings. The molecule has 0 aromatic heterocycles. The lowest BCUT2D eigenvalue weighted by molar-refractivity contribution is -0.165. The minimum absolute atomic E-state index is 0.0829. The number of carbonyl (C=O) groups is 1. The highest BCUT2D eigenvalue weighted by Gasteiger charge is 2.33. The van der Waals surface area contributed by atoms with E-state index in [1.165, 1.54) is 32.1 Å². The largest absolute Gasteiger partial charge is 0.351 e. The maximum absolute atomic E-state index is 13.3. The molecule has 2 rings (SSSR count). The second kappa shape index (κ2) is 12.0. The van der Waals surface area contributed by atoms with Gasteiger partial charge in [-0.25, -0.2) is 0 Å². The maximum Gasteiger partial charge on any atom is 0.239 e. The minimum atomic E-state index is -0.406. The number of hydrogen-bond acceptors (Lipinski definition) is 5. The summed E-state index contributed by atoms with van der Waals surface area (Å²) in [5.74, 6) is 0.686. The van der Waals surface area contributed by atoms with E-state index in [1.807, 2.05) is 18.7 Å². The van der Waals surface area contributed by atoms with Crippen molar-refractivity contribution < 1.29 is 14.3 Å². The van der Waals surface area contributed by atoms with E-state index in [0.29, 0.717) is 25.7 Å². The number of hydrogen-bond donors (Lipinski definition) is 1. The number of likely N-dealkylation sites (tertiary alicyclic amines) is 1. The fourth-order valence-electron chi connectivity index (χ4n) is 4.51. The van der Waals surface area contributed by atoms with Crippen molar-refractivity contribution in [2.75, 3.05) is 39.9 Å². The highest BCUT2D eigenvalue weighted by atomic mass is 16.7. The first-order chi connectivity index (χ1) is 13.0. The van der Waals surface area contributed by atoms with E-state index in [4.69, 9.17) is 15.2 Å². The van der Waals surface area contributed by atoms with Crippen LogP contribution in [0.2, 0.25) is 0 Å². The highest BCUT2D eigenvalue weighted by molar-refractivity contribution is 5.82. The number of piperidine rings is 1. The smallest absolute Gasteiger partial charge is 0.239 e. The van der Waals surface area contributed by atoms with E-state index in [1.54, 1.807) is 0 Å². The Balaban J connectivity index is 2.02. The van der Waals surface area contributed by atoms with Crippen molar-refractivity contribution >= 4 is 5.91 Å². The van der Waals surface area contributed by atoms with Gasteiger partial charge in [-0.1, -0.05) is 32.1 Å². The van der Waals surface area contributed by atoms with Gasteiger partial charge in [0.05, 0.1) is 12.6 Å². The molecular weight excluding hydrogens is 342 g/mol. The molecule has 0 unspecified atom stereocenters. The number of ether oxygens (including phenoxy) is 2. The Labute approximate surface area is 165 Å². The number of amides is 1. The fourth-order valence-corrected chi connectivity index (χ4v) is 4.51. The van der Waals surface area contributed by atoms with E-state index >= 15 is 0 Å². The Morgan fingerprint density at radius 3 is 2.22 bits per heavy atom. The number of nitrogens with zero attached hydrogens (tertiary/aromatic N) is 2. The molecule has 1 atom stereocenters. The zero-order valence-electron chi connectivity index (χ0n) is 17.7. The highest BCUT2D eigenvalue weighted by Crippen LogP contribution is 2.28. The second-order valence-corrected chi connectivity index (χ2v) is 8.21. The van der Waals surface area contributed by atoms with Gasteiger partial charge in [0.25, 0.3) is 0 Å². The molecule has 0 radical (unpaired) electrons. The molecular formula is C21H41N3O3. The van der Waals surface area contributed by atoms with E-state index in [-0.39, 0.29) is 18.2 Å². The predicted molar refractivity (Wildman–Crippen MR) is 108 cm³/mol. The molecule has 1 aliphatic carbocycles. The zero-order chi connectivity index (χ0) is 19.6. The number of carbonyl (C=O) groups excluding carboxylic acids is 1. The predicted octanol–water partition coefficient (Wildman–Crippen LogP) is 2.61. The maximum atomic E-state index is 13.3. The molecule has 6 nitrogen and oxygen atoms in total. The molecule has 1 heterocycles. The van der Waals surface area contributed by atoms with Crippen LogP contribution in [0.3, 0.4) is 0 Å². The molecule has 2 aliphatic rings. The van der Waals surface area contributed by atoms with Crippen LogP contribution in [-0.2, 0) is 14.3 Å². The molecule has 0 aromatic rings. The first-order valence-corrected chi connectivity index (χ1v) is 11.0. The van der Waals surface area contributed by atoms with Crippen molar-refractivity contribution in [1.82, 2.24) is 9.80 Å². The summed E-state index contributed by atoms with van der Waals surface area (Å²) in [5, 5.41) is 0. The normalized spacial score (nSPS) is 21.5. The Bertz CT molecular complexity index is 415.